The number of rotatable bonds is 4. The molecular weight excluding hydrogens is 420 g/mol. The number of likely N-dealkylation sites (tertiary alicyclic amines) is 1. The van der Waals surface area contributed by atoms with Crippen LogP contribution in [0.4, 0.5) is 4.79 Å². The fourth-order valence-electron chi connectivity index (χ4n) is 6.01. The molecular formula is C25H34N4O4. The van der Waals surface area contributed by atoms with Gasteiger partial charge in [-0.15, -0.1) is 0 Å². The zero-order chi connectivity index (χ0) is 23.5. The lowest BCUT2D eigenvalue weighted by atomic mass is 9.54. The van der Waals surface area contributed by atoms with Crippen molar-refractivity contribution in [2.24, 2.45) is 5.92 Å². The van der Waals surface area contributed by atoms with E-state index in [4.69, 9.17) is 9.47 Å². The molecule has 2 heterocycles. The third-order valence-electron chi connectivity index (χ3n) is 7.58. The van der Waals surface area contributed by atoms with Gasteiger partial charge in [0.05, 0.1) is 0 Å². The molecule has 33 heavy (non-hydrogen) atoms. The topological polar surface area (TPSA) is 91.9 Å². The van der Waals surface area contributed by atoms with E-state index in [1.54, 1.807) is 6.92 Å². The molecule has 2 amide bonds. The minimum Gasteiger partial charge on any atom is -0.485 e. The minimum absolute atomic E-state index is 0.0451. The molecule has 8 nitrogen and oxygen atoms in total. The van der Waals surface area contributed by atoms with Crippen LogP contribution < -0.4 is 25.6 Å². The number of nitrogens with one attached hydrogen (secondary N) is 3. The van der Waals surface area contributed by atoms with Crippen molar-refractivity contribution in [3.63, 3.8) is 0 Å². The minimum atomic E-state index is -0.760. The van der Waals surface area contributed by atoms with E-state index in [1.165, 1.54) is 11.1 Å². The van der Waals surface area contributed by atoms with Gasteiger partial charge in [-0.05, 0) is 65.8 Å². The summed E-state index contributed by atoms with van der Waals surface area (Å²) in [6.07, 6.45) is 6.89. The number of benzene rings is 1. The first-order chi connectivity index (χ1) is 15.6. The molecule has 8 heteroatoms. The van der Waals surface area contributed by atoms with E-state index in [0.29, 0.717) is 23.5 Å². The summed E-state index contributed by atoms with van der Waals surface area (Å²) in [5.74, 6) is 1.19. The monoisotopic (exact) mass is 454 g/mol. The highest BCUT2D eigenvalue weighted by atomic mass is 16.6. The number of likely N-dealkylation sites (N-methyl/N-ethyl adjacent to an activating group) is 1. The van der Waals surface area contributed by atoms with Gasteiger partial charge in [0, 0.05) is 34.9 Å². The van der Waals surface area contributed by atoms with Crippen LogP contribution >= 0.6 is 0 Å². The van der Waals surface area contributed by atoms with Crippen molar-refractivity contribution in [1.82, 2.24) is 21.1 Å². The number of hydrogen-bond acceptors (Lipinski definition) is 6. The van der Waals surface area contributed by atoms with Gasteiger partial charge in [-0.2, -0.15) is 0 Å². The van der Waals surface area contributed by atoms with Crippen LogP contribution in [0.5, 0.6) is 11.5 Å². The Hall–Kier alpha value is -2.58. The van der Waals surface area contributed by atoms with Crippen LogP contribution in [-0.2, 0) is 16.6 Å². The highest BCUT2D eigenvalue weighted by Crippen LogP contribution is 2.62. The highest BCUT2D eigenvalue weighted by Gasteiger charge is 2.62. The summed E-state index contributed by atoms with van der Waals surface area (Å²) in [6.45, 7) is 8.45. The molecule has 2 aliphatic carbocycles. The van der Waals surface area contributed by atoms with Crippen LogP contribution in [0, 0.1) is 5.92 Å². The van der Waals surface area contributed by atoms with Crippen molar-refractivity contribution in [3.05, 3.63) is 35.4 Å². The van der Waals surface area contributed by atoms with E-state index >= 15 is 0 Å². The summed E-state index contributed by atoms with van der Waals surface area (Å²) >= 11 is 0. The quantitative estimate of drug-likeness (QED) is 0.478. The molecule has 178 valence electrons. The SMILES string of the molecule is CC(NC(=O)Oc1ccc2c3c1O[C@H]1CC=CC4C(C2)N(C)CC[C@@]341)C(=O)NNC(C)(C)C. The van der Waals surface area contributed by atoms with Crippen LogP contribution in [0.1, 0.15) is 51.7 Å². The van der Waals surface area contributed by atoms with Crippen LogP contribution in [0.15, 0.2) is 24.3 Å². The maximum atomic E-state index is 12.7. The van der Waals surface area contributed by atoms with Gasteiger partial charge in [-0.25, -0.2) is 10.2 Å². The zero-order valence-corrected chi connectivity index (χ0v) is 20.0. The first-order valence-electron chi connectivity index (χ1n) is 11.9. The molecule has 0 aromatic heterocycles. The summed E-state index contributed by atoms with van der Waals surface area (Å²) in [4.78, 5) is 27.4. The lowest BCUT2D eigenvalue weighted by Crippen LogP contribution is -2.62. The smallest absolute Gasteiger partial charge is 0.413 e. The molecule has 4 aliphatic rings. The molecule has 2 aliphatic heterocycles. The summed E-state index contributed by atoms with van der Waals surface area (Å²) < 4.78 is 12.2. The van der Waals surface area contributed by atoms with Gasteiger partial charge >= 0.3 is 6.09 Å². The third-order valence-corrected chi connectivity index (χ3v) is 7.58. The molecule has 1 aromatic carbocycles. The Morgan fingerprint density at radius 3 is 2.85 bits per heavy atom. The number of hydrazine groups is 1. The van der Waals surface area contributed by atoms with Crippen LogP contribution in [0.25, 0.3) is 0 Å². The van der Waals surface area contributed by atoms with Gasteiger partial charge in [0.15, 0.2) is 11.5 Å². The second kappa shape index (κ2) is 7.74. The molecule has 5 rings (SSSR count). The first-order valence-corrected chi connectivity index (χ1v) is 11.9. The molecule has 0 radical (unpaired) electrons. The molecule has 1 spiro atoms. The lowest BCUT2D eigenvalue weighted by Gasteiger charge is -2.55. The molecule has 3 unspecified atom stereocenters. The first kappa shape index (κ1) is 22.2. The van der Waals surface area contributed by atoms with Crippen molar-refractivity contribution < 1.29 is 19.1 Å². The lowest BCUT2D eigenvalue weighted by molar-refractivity contribution is -0.124. The number of carbonyl (C=O) groups excluding carboxylic acids is 2. The van der Waals surface area contributed by atoms with Crippen LogP contribution in [0.2, 0.25) is 0 Å². The standard InChI is InChI=1S/C25H34N4O4/c1-14(22(30)27-28-24(2,3)4)26-23(31)32-18-10-9-15-13-17-16-7-6-8-19-25(16,11-12-29(17)5)20(15)21(18)33-19/h6-7,9-10,14,16-17,19,28H,8,11-13H2,1-5H3,(H,26,31)(H,27,30)/t14?,16?,17?,19-,25+/m0/s1. The Balaban J connectivity index is 1.36. The van der Waals surface area contributed by atoms with Gasteiger partial charge in [0.1, 0.15) is 12.1 Å². The Kier molecular flexibility index (Phi) is 5.21. The summed E-state index contributed by atoms with van der Waals surface area (Å²) in [7, 11) is 2.22. The zero-order valence-electron chi connectivity index (χ0n) is 20.0. The average Bonchev–Trinajstić information content (AvgIpc) is 3.09. The van der Waals surface area contributed by atoms with Gasteiger partial charge < -0.3 is 19.7 Å². The summed E-state index contributed by atoms with van der Waals surface area (Å²) in [5.41, 5.74) is 7.73. The van der Waals surface area contributed by atoms with Crippen molar-refractivity contribution in [3.8, 4) is 11.5 Å². The van der Waals surface area contributed by atoms with Gasteiger partial charge in [-0.1, -0.05) is 18.2 Å². The van der Waals surface area contributed by atoms with Crippen molar-refractivity contribution in [2.45, 2.75) is 76.1 Å². The number of nitrogens with zero attached hydrogens (tertiary/aromatic N) is 1. The Morgan fingerprint density at radius 1 is 1.30 bits per heavy atom. The number of carbonyl (C=O) groups is 2. The van der Waals surface area contributed by atoms with Crippen LogP contribution in [-0.4, -0.2) is 54.2 Å². The predicted molar refractivity (Wildman–Crippen MR) is 124 cm³/mol. The number of amides is 2. The molecule has 1 aromatic rings. The Morgan fingerprint density at radius 2 is 2.09 bits per heavy atom. The molecule has 3 N–H and O–H groups in total. The third kappa shape index (κ3) is 3.60. The van der Waals surface area contributed by atoms with E-state index in [0.717, 1.165) is 25.8 Å². The Labute approximate surface area is 195 Å². The Bertz CT molecular complexity index is 1020. The largest absolute Gasteiger partial charge is 0.485 e. The second-order valence-corrected chi connectivity index (χ2v) is 10.9. The summed E-state index contributed by atoms with van der Waals surface area (Å²) in [5, 5.41) is 2.62. The van der Waals surface area contributed by atoms with Crippen LogP contribution in [0.3, 0.4) is 0 Å². The van der Waals surface area contributed by atoms with E-state index in [1.807, 2.05) is 26.8 Å². The van der Waals surface area contributed by atoms with Crippen molar-refractivity contribution in [2.75, 3.05) is 13.6 Å². The van der Waals surface area contributed by atoms with E-state index < -0.39 is 12.1 Å². The molecule has 1 fully saturated rings. The fraction of sp³-hybridized carbons (Fsp3) is 0.600. The number of ether oxygens (including phenoxy) is 2. The highest BCUT2D eigenvalue weighted by molar-refractivity contribution is 5.85. The normalized spacial score (nSPS) is 30.2. The predicted octanol–water partition coefficient (Wildman–Crippen LogP) is 2.42. The van der Waals surface area contributed by atoms with Crippen molar-refractivity contribution >= 4 is 12.0 Å². The second-order valence-electron chi connectivity index (χ2n) is 10.9. The number of piperidine rings is 1. The molecule has 5 atom stereocenters. The van der Waals surface area contributed by atoms with Gasteiger partial charge in [-0.3, -0.25) is 10.2 Å². The number of hydrogen-bond donors (Lipinski definition) is 3. The molecule has 1 saturated heterocycles. The fourth-order valence-corrected chi connectivity index (χ4v) is 6.01. The van der Waals surface area contributed by atoms with Gasteiger partial charge in [0.2, 0.25) is 0 Å². The van der Waals surface area contributed by atoms with Crippen molar-refractivity contribution in [1.29, 1.82) is 0 Å². The summed E-state index contributed by atoms with van der Waals surface area (Å²) in [6, 6.07) is 3.62. The maximum Gasteiger partial charge on any atom is 0.413 e. The van der Waals surface area contributed by atoms with E-state index in [2.05, 4.69) is 46.3 Å². The average molecular weight is 455 g/mol. The molecule has 2 bridgehead atoms. The molecule has 0 saturated carbocycles. The van der Waals surface area contributed by atoms with E-state index in [9.17, 15) is 9.59 Å². The van der Waals surface area contributed by atoms with Gasteiger partial charge in [0.25, 0.3) is 5.91 Å². The van der Waals surface area contributed by atoms with E-state index in [-0.39, 0.29) is 23.0 Å². The maximum absolute atomic E-state index is 12.7.